The highest BCUT2D eigenvalue weighted by molar-refractivity contribution is 9.10. The zero-order chi connectivity index (χ0) is 18.3. The lowest BCUT2D eigenvalue weighted by Gasteiger charge is -2.13. The summed E-state index contributed by atoms with van der Waals surface area (Å²) in [6.07, 6.45) is 0. The smallest absolute Gasteiger partial charge is 0.187 e. The summed E-state index contributed by atoms with van der Waals surface area (Å²) in [4.78, 5) is 0. The molecule has 1 aromatic carbocycles. The van der Waals surface area contributed by atoms with Gasteiger partial charge in [0.25, 0.3) is 0 Å². The summed E-state index contributed by atoms with van der Waals surface area (Å²) in [5, 5.41) is 26.0. The summed E-state index contributed by atoms with van der Waals surface area (Å²) in [5.74, 6) is 0.749. The maximum Gasteiger partial charge on any atom is 0.187 e. The van der Waals surface area contributed by atoms with Gasteiger partial charge in [-0.05, 0) is 72.1 Å². The molecule has 2 heterocycles. The maximum absolute atomic E-state index is 9.58. The Labute approximate surface area is 152 Å². The van der Waals surface area contributed by atoms with Crippen molar-refractivity contribution in [2.45, 2.75) is 20.8 Å². The van der Waals surface area contributed by atoms with Crippen molar-refractivity contribution in [1.82, 2.24) is 9.72 Å². The van der Waals surface area contributed by atoms with Crippen LogP contribution in [0.1, 0.15) is 22.7 Å². The van der Waals surface area contributed by atoms with Crippen LogP contribution >= 0.6 is 15.9 Å². The number of aryl methyl sites for hydroxylation is 2. The van der Waals surface area contributed by atoms with E-state index < -0.39 is 0 Å². The van der Waals surface area contributed by atoms with Crippen LogP contribution in [0.4, 0.5) is 0 Å². The zero-order valence-electron chi connectivity index (χ0n) is 13.9. The van der Waals surface area contributed by atoms with Crippen molar-refractivity contribution in [3.8, 4) is 22.7 Å². The minimum absolute atomic E-state index is 0.0248. The van der Waals surface area contributed by atoms with Gasteiger partial charge in [0.05, 0.1) is 11.4 Å². The highest BCUT2D eigenvalue weighted by Crippen LogP contribution is 2.39. The van der Waals surface area contributed by atoms with Gasteiger partial charge >= 0.3 is 0 Å². The number of amidine groups is 1. The Kier molecular flexibility index (Phi) is 4.30. The van der Waals surface area contributed by atoms with Crippen LogP contribution in [0.15, 0.2) is 38.4 Å². The average molecular weight is 405 g/mol. The van der Waals surface area contributed by atoms with Crippen LogP contribution in [-0.2, 0) is 0 Å². The molecule has 0 fully saturated rings. The molecule has 25 heavy (non-hydrogen) atoms. The Morgan fingerprint density at radius 3 is 2.40 bits per heavy atom. The van der Waals surface area contributed by atoms with Gasteiger partial charge in [-0.15, -0.1) is 0 Å². The first-order chi connectivity index (χ1) is 11.9. The first kappa shape index (κ1) is 17.1. The fourth-order valence-electron chi connectivity index (χ4n) is 2.91. The monoisotopic (exact) mass is 404 g/mol. The molecule has 4 N–H and O–H groups in total. The number of hydrogen-bond donors (Lipinski definition) is 3. The molecular weight excluding hydrogens is 388 g/mol. The van der Waals surface area contributed by atoms with Crippen LogP contribution in [0.5, 0.6) is 5.75 Å². The summed E-state index contributed by atoms with van der Waals surface area (Å²) in [6, 6.07) is 6.79. The third kappa shape index (κ3) is 2.68. The molecule has 8 heteroatoms. The number of aromatic hydroxyl groups is 1. The molecule has 3 rings (SSSR count). The Hall–Kier alpha value is -2.74. The average Bonchev–Trinajstić information content (AvgIpc) is 3.05. The third-order valence-electron chi connectivity index (χ3n) is 4.05. The van der Waals surface area contributed by atoms with Gasteiger partial charge < -0.3 is 20.6 Å². The third-order valence-corrected chi connectivity index (χ3v) is 5.02. The Morgan fingerprint density at radius 1 is 1.24 bits per heavy atom. The molecule has 0 atom stereocenters. The van der Waals surface area contributed by atoms with Crippen LogP contribution in [0.2, 0.25) is 0 Å². The molecule has 0 saturated carbocycles. The van der Waals surface area contributed by atoms with Crippen molar-refractivity contribution in [1.29, 1.82) is 0 Å². The standard InChI is InChI=1S/C17H17BrN4O3/c1-8-13(18)16(11-4-6-12(23)7-5-11)22(14(8)17(19)20-24)15-9(2)21-25-10(15)3/h4-7,23-24H,1-3H3,(H2,19,20). The summed E-state index contributed by atoms with van der Waals surface area (Å²) in [7, 11) is 0. The van der Waals surface area contributed by atoms with E-state index >= 15 is 0 Å². The van der Waals surface area contributed by atoms with E-state index in [1.54, 1.807) is 31.2 Å². The van der Waals surface area contributed by atoms with Crippen molar-refractivity contribution < 1.29 is 14.8 Å². The number of phenols is 1. The summed E-state index contributed by atoms with van der Waals surface area (Å²) < 4.78 is 7.95. The lowest BCUT2D eigenvalue weighted by molar-refractivity contribution is 0.318. The van der Waals surface area contributed by atoms with Gasteiger partial charge in [-0.2, -0.15) is 0 Å². The highest BCUT2D eigenvalue weighted by Gasteiger charge is 2.27. The van der Waals surface area contributed by atoms with Crippen molar-refractivity contribution >= 4 is 21.8 Å². The number of nitrogens with zero attached hydrogens (tertiary/aromatic N) is 3. The summed E-state index contributed by atoms with van der Waals surface area (Å²) in [5.41, 5.74) is 10.3. The van der Waals surface area contributed by atoms with E-state index in [9.17, 15) is 10.3 Å². The second-order valence-electron chi connectivity index (χ2n) is 5.68. The molecule has 2 aromatic heterocycles. The largest absolute Gasteiger partial charge is 0.508 e. The predicted octanol–water partition coefficient (Wildman–Crippen LogP) is 3.62. The molecule has 7 nitrogen and oxygen atoms in total. The Morgan fingerprint density at radius 2 is 1.88 bits per heavy atom. The van der Waals surface area contributed by atoms with Gasteiger partial charge in [0, 0.05) is 4.47 Å². The van der Waals surface area contributed by atoms with Crippen molar-refractivity contribution in [3.63, 3.8) is 0 Å². The van der Waals surface area contributed by atoms with E-state index in [0.29, 0.717) is 17.1 Å². The second-order valence-corrected chi connectivity index (χ2v) is 6.47. The number of aromatic nitrogens is 2. The van der Waals surface area contributed by atoms with Gasteiger partial charge in [0.2, 0.25) is 0 Å². The van der Waals surface area contributed by atoms with Crippen molar-refractivity contribution in [2.75, 3.05) is 0 Å². The number of halogens is 1. The number of hydrogen-bond acceptors (Lipinski definition) is 5. The molecule has 0 amide bonds. The van der Waals surface area contributed by atoms with E-state index in [4.69, 9.17) is 10.3 Å². The zero-order valence-corrected chi connectivity index (χ0v) is 15.5. The van der Waals surface area contributed by atoms with Crippen LogP contribution in [0, 0.1) is 20.8 Å². The molecule has 0 aliphatic rings. The molecule has 0 unspecified atom stereocenters. The first-order valence-corrected chi connectivity index (χ1v) is 8.27. The van der Waals surface area contributed by atoms with Crippen molar-refractivity contribution in [3.05, 3.63) is 51.4 Å². The molecule has 0 spiro atoms. The maximum atomic E-state index is 9.58. The fourth-order valence-corrected chi connectivity index (χ4v) is 3.50. The number of phenolic OH excluding ortho intramolecular Hbond substituents is 1. The molecule has 3 aromatic rings. The second kappa shape index (κ2) is 6.29. The topological polar surface area (TPSA) is 110 Å². The Bertz CT molecular complexity index is 951. The highest BCUT2D eigenvalue weighted by atomic mass is 79.9. The minimum Gasteiger partial charge on any atom is -0.508 e. The molecule has 0 aliphatic heterocycles. The SMILES string of the molecule is Cc1noc(C)c1-n1c(/C(N)=N/O)c(C)c(Br)c1-c1ccc(O)cc1. The minimum atomic E-state index is -0.0248. The van der Waals surface area contributed by atoms with Crippen LogP contribution in [0.25, 0.3) is 16.9 Å². The molecular formula is C17H17BrN4O3. The Balaban J connectivity index is 2.45. The van der Waals surface area contributed by atoms with Gasteiger partial charge in [-0.3, -0.25) is 4.57 Å². The van der Waals surface area contributed by atoms with Crippen molar-refractivity contribution in [2.24, 2.45) is 10.9 Å². The van der Waals surface area contributed by atoms with Crippen LogP contribution < -0.4 is 5.73 Å². The lowest BCUT2D eigenvalue weighted by atomic mass is 10.1. The number of benzene rings is 1. The molecule has 0 saturated heterocycles. The fraction of sp³-hybridized carbons (Fsp3) is 0.176. The quantitative estimate of drug-likeness (QED) is 0.267. The van der Waals surface area contributed by atoms with Crippen LogP contribution in [-0.4, -0.2) is 25.9 Å². The first-order valence-electron chi connectivity index (χ1n) is 7.48. The number of oxime groups is 1. The molecule has 0 radical (unpaired) electrons. The van der Waals surface area contributed by atoms with Gasteiger partial charge in [0.1, 0.15) is 17.1 Å². The van der Waals surface area contributed by atoms with Gasteiger partial charge in [-0.1, -0.05) is 10.3 Å². The number of rotatable bonds is 3. The molecule has 130 valence electrons. The van der Waals surface area contributed by atoms with E-state index in [2.05, 4.69) is 26.2 Å². The van der Waals surface area contributed by atoms with E-state index in [-0.39, 0.29) is 11.6 Å². The van der Waals surface area contributed by atoms with Gasteiger partial charge in [-0.25, -0.2) is 0 Å². The molecule has 0 aliphatic carbocycles. The van der Waals surface area contributed by atoms with E-state index in [1.165, 1.54) is 0 Å². The van der Waals surface area contributed by atoms with Crippen LogP contribution in [0.3, 0.4) is 0 Å². The predicted molar refractivity (Wildman–Crippen MR) is 97.4 cm³/mol. The van der Waals surface area contributed by atoms with E-state index in [1.807, 2.05) is 18.4 Å². The van der Waals surface area contributed by atoms with Gasteiger partial charge in [0.15, 0.2) is 11.6 Å². The van der Waals surface area contributed by atoms with E-state index in [0.717, 1.165) is 27.0 Å². The molecule has 0 bridgehead atoms. The lowest BCUT2D eigenvalue weighted by Crippen LogP contribution is -2.19. The summed E-state index contributed by atoms with van der Waals surface area (Å²) in [6.45, 7) is 5.50. The summed E-state index contributed by atoms with van der Waals surface area (Å²) >= 11 is 3.61. The number of nitrogens with two attached hydrogens (primary N) is 1. The normalized spacial score (nSPS) is 11.9.